The maximum absolute atomic E-state index is 12.0. The van der Waals surface area contributed by atoms with Crippen molar-refractivity contribution >= 4 is 28.8 Å². The minimum atomic E-state index is -0.742. The highest BCUT2D eigenvalue weighted by Gasteiger charge is 2.19. The molecule has 0 radical (unpaired) electrons. The molecule has 8 nitrogen and oxygen atoms in total. The Labute approximate surface area is 132 Å². The Bertz CT molecular complexity index is 745. The molecule has 0 spiro atoms. The zero-order valence-electron chi connectivity index (χ0n) is 13.1. The Morgan fingerprint density at radius 2 is 1.91 bits per heavy atom. The van der Waals surface area contributed by atoms with Gasteiger partial charge in [-0.2, -0.15) is 5.10 Å². The Hall–Kier alpha value is -2.90. The molecule has 3 amide bonds. The third kappa shape index (κ3) is 4.53. The van der Waals surface area contributed by atoms with Gasteiger partial charge in [0.25, 0.3) is 5.91 Å². The molecule has 0 atom stereocenters. The van der Waals surface area contributed by atoms with Gasteiger partial charge < -0.3 is 10.1 Å². The first-order valence-corrected chi connectivity index (χ1v) is 6.98. The molecule has 8 heteroatoms. The van der Waals surface area contributed by atoms with E-state index in [4.69, 9.17) is 4.74 Å². The van der Waals surface area contributed by atoms with E-state index in [0.29, 0.717) is 10.9 Å². The van der Waals surface area contributed by atoms with E-state index >= 15 is 0 Å². The lowest BCUT2D eigenvalue weighted by Crippen LogP contribution is -2.49. The summed E-state index contributed by atoms with van der Waals surface area (Å²) in [7, 11) is 0. The van der Waals surface area contributed by atoms with Crippen LogP contribution in [0.1, 0.15) is 31.3 Å². The molecule has 2 rings (SSSR count). The van der Waals surface area contributed by atoms with Gasteiger partial charge in [-0.05, 0) is 26.8 Å². The van der Waals surface area contributed by atoms with Crippen LogP contribution >= 0.6 is 0 Å². The molecular weight excluding hydrogens is 300 g/mol. The number of H-pyrrole nitrogens is 1. The number of rotatable bonds is 3. The summed E-state index contributed by atoms with van der Waals surface area (Å²) in [6.45, 7) is 4.76. The van der Waals surface area contributed by atoms with Crippen LogP contribution in [0.2, 0.25) is 0 Å². The number of carbonyl (C=O) groups excluding carboxylic acids is 3. The van der Waals surface area contributed by atoms with Crippen LogP contribution in [0.3, 0.4) is 0 Å². The average molecular weight is 318 g/mol. The third-order valence-corrected chi connectivity index (χ3v) is 2.74. The first kappa shape index (κ1) is 16.5. The summed E-state index contributed by atoms with van der Waals surface area (Å²) in [6, 6.07) is 6.40. The second-order valence-electron chi connectivity index (χ2n) is 5.95. The van der Waals surface area contributed by atoms with Crippen molar-refractivity contribution in [2.75, 3.05) is 6.61 Å². The number of aromatic nitrogens is 2. The quantitative estimate of drug-likeness (QED) is 0.739. The summed E-state index contributed by atoms with van der Waals surface area (Å²) in [5.41, 5.74) is 0.302. The van der Waals surface area contributed by atoms with E-state index in [-0.39, 0.29) is 5.69 Å². The van der Waals surface area contributed by atoms with Crippen molar-refractivity contribution in [3.05, 3.63) is 30.0 Å². The predicted molar refractivity (Wildman–Crippen MR) is 82.8 cm³/mol. The highest BCUT2D eigenvalue weighted by atomic mass is 16.5. The van der Waals surface area contributed by atoms with Crippen molar-refractivity contribution in [3.8, 4) is 0 Å². The number of nitrogens with zero attached hydrogens (tertiary/aromatic N) is 1. The van der Waals surface area contributed by atoms with Crippen molar-refractivity contribution in [1.82, 2.24) is 20.8 Å². The maximum Gasteiger partial charge on any atom is 0.359 e. The zero-order chi connectivity index (χ0) is 17.0. The van der Waals surface area contributed by atoms with Crippen LogP contribution in [0.25, 0.3) is 10.9 Å². The second-order valence-corrected chi connectivity index (χ2v) is 5.95. The highest BCUT2D eigenvalue weighted by molar-refractivity contribution is 6.03. The summed E-state index contributed by atoms with van der Waals surface area (Å²) in [6.07, 6.45) is 0. The molecule has 0 aliphatic carbocycles. The first-order chi connectivity index (χ1) is 10.8. The molecule has 0 saturated carbocycles. The van der Waals surface area contributed by atoms with E-state index in [1.807, 2.05) is 0 Å². The van der Waals surface area contributed by atoms with E-state index in [0.717, 1.165) is 0 Å². The summed E-state index contributed by atoms with van der Waals surface area (Å²) < 4.78 is 4.87. The SMILES string of the molecule is CC(C)(C)NC(=O)NC(=O)COC(=O)c1n[nH]c2ccccc12. The maximum atomic E-state index is 12.0. The lowest BCUT2D eigenvalue weighted by molar-refractivity contribution is -0.123. The minimum absolute atomic E-state index is 0.0903. The van der Waals surface area contributed by atoms with Gasteiger partial charge in [-0.3, -0.25) is 15.2 Å². The molecule has 1 heterocycles. The Kier molecular flexibility index (Phi) is 4.63. The van der Waals surface area contributed by atoms with E-state index < -0.39 is 30.1 Å². The number of hydrogen-bond donors (Lipinski definition) is 3. The van der Waals surface area contributed by atoms with Crippen LogP contribution in [-0.4, -0.2) is 40.3 Å². The first-order valence-electron chi connectivity index (χ1n) is 6.98. The Morgan fingerprint density at radius 1 is 1.22 bits per heavy atom. The summed E-state index contributed by atoms with van der Waals surface area (Å²) in [5.74, 6) is -1.46. The van der Waals surface area contributed by atoms with Crippen LogP contribution in [0.4, 0.5) is 4.79 Å². The predicted octanol–water partition coefficient (Wildman–Crippen LogP) is 1.34. The topological polar surface area (TPSA) is 113 Å². The molecule has 3 N–H and O–H groups in total. The van der Waals surface area contributed by atoms with Gasteiger partial charge >= 0.3 is 12.0 Å². The minimum Gasteiger partial charge on any atom is -0.451 e. The number of aromatic amines is 1. The van der Waals surface area contributed by atoms with Gasteiger partial charge in [0.1, 0.15) is 0 Å². The molecule has 2 aromatic rings. The van der Waals surface area contributed by atoms with Gasteiger partial charge in [0.05, 0.1) is 5.52 Å². The fourth-order valence-corrected chi connectivity index (χ4v) is 1.85. The van der Waals surface area contributed by atoms with E-state index in [9.17, 15) is 14.4 Å². The van der Waals surface area contributed by atoms with Crippen molar-refractivity contribution in [2.24, 2.45) is 0 Å². The van der Waals surface area contributed by atoms with Crippen LogP contribution in [-0.2, 0) is 9.53 Å². The number of carbonyl (C=O) groups is 3. The van der Waals surface area contributed by atoms with E-state index in [2.05, 4.69) is 20.8 Å². The number of para-hydroxylation sites is 1. The average Bonchev–Trinajstić information content (AvgIpc) is 2.86. The highest BCUT2D eigenvalue weighted by Crippen LogP contribution is 2.15. The number of esters is 1. The normalized spacial score (nSPS) is 11.1. The molecule has 1 aromatic heterocycles. The van der Waals surface area contributed by atoms with Crippen LogP contribution in [0.5, 0.6) is 0 Å². The van der Waals surface area contributed by atoms with Gasteiger partial charge in [-0.1, -0.05) is 18.2 Å². The lowest BCUT2D eigenvalue weighted by Gasteiger charge is -2.20. The van der Waals surface area contributed by atoms with Crippen LogP contribution < -0.4 is 10.6 Å². The van der Waals surface area contributed by atoms with Gasteiger partial charge in [0.2, 0.25) is 0 Å². The molecule has 0 bridgehead atoms. The number of imide groups is 1. The molecule has 0 fully saturated rings. The molecular formula is C15H18N4O4. The van der Waals surface area contributed by atoms with E-state index in [1.54, 1.807) is 45.0 Å². The van der Waals surface area contributed by atoms with Crippen molar-refractivity contribution < 1.29 is 19.1 Å². The fraction of sp³-hybridized carbons (Fsp3) is 0.333. The fourth-order valence-electron chi connectivity index (χ4n) is 1.85. The largest absolute Gasteiger partial charge is 0.451 e. The standard InChI is InChI=1S/C15H18N4O4/c1-15(2,3)17-14(22)16-11(20)8-23-13(21)12-9-6-4-5-7-10(9)18-19-12/h4-7H,8H2,1-3H3,(H,18,19)(H2,16,17,20,22). The third-order valence-electron chi connectivity index (χ3n) is 2.74. The van der Waals surface area contributed by atoms with Gasteiger partial charge in [0.15, 0.2) is 12.3 Å². The second kappa shape index (κ2) is 6.47. The molecule has 1 aromatic carbocycles. The van der Waals surface area contributed by atoms with Crippen molar-refractivity contribution in [2.45, 2.75) is 26.3 Å². The summed E-state index contributed by atoms with van der Waals surface area (Å²) in [4.78, 5) is 35.1. The lowest BCUT2D eigenvalue weighted by atomic mass is 10.1. The summed E-state index contributed by atoms with van der Waals surface area (Å²) >= 11 is 0. The Morgan fingerprint density at radius 3 is 2.61 bits per heavy atom. The van der Waals surface area contributed by atoms with Crippen LogP contribution in [0.15, 0.2) is 24.3 Å². The number of amides is 3. The van der Waals surface area contributed by atoms with Gasteiger partial charge in [-0.25, -0.2) is 9.59 Å². The smallest absolute Gasteiger partial charge is 0.359 e. The van der Waals surface area contributed by atoms with E-state index in [1.165, 1.54) is 0 Å². The number of urea groups is 1. The molecule has 23 heavy (non-hydrogen) atoms. The monoisotopic (exact) mass is 318 g/mol. The molecule has 0 aliphatic heterocycles. The van der Waals surface area contributed by atoms with Crippen molar-refractivity contribution in [1.29, 1.82) is 0 Å². The molecule has 0 unspecified atom stereocenters. The summed E-state index contributed by atoms with van der Waals surface area (Å²) in [5, 5.41) is 11.8. The molecule has 122 valence electrons. The molecule has 0 aliphatic rings. The van der Waals surface area contributed by atoms with Gasteiger partial charge in [0, 0.05) is 10.9 Å². The Balaban J connectivity index is 1.89. The van der Waals surface area contributed by atoms with Crippen molar-refractivity contribution in [3.63, 3.8) is 0 Å². The zero-order valence-corrected chi connectivity index (χ0v) is 13.1. The number of fused-ring (bicyclic) bond motifs is 1. The number of hydrogen-bond acceptors (Lipinski definition) is 5. The number of benzene rings is 1. The van der Waals surface area contributed by atoms with Gasteiger partial charge in [-0.15, -0.1) is 0 Å². The number of nitrogens with one attached hydrogen (secondary N) is 3. The van der Waals surface area contributed by atoms with Crippen LogP contribution in [0, 0.1) is 0 Å². The number of ether oxygens (including phenoxy) is 1. The molecule has 0 saturated heterocycles.